The molecule has 314 valence electrons. The van der Waals surface area contributed by atoms with E-state index in [-0.39, 0.29) is 29.8 Å². The number of benzene rings is 2. The van der Waals surface area contributed by atoms with Crippen LogP contribution in [0.5, 0.6) is 0 Å². The summed E-state index contributed by atoms with van der Waals surface area (Å²) in [5.41, 5.74) is 5.71. The molecule has 5 heterocycles. The molecular formula is C43H55N9O7. The predicted molar refractivity (Wildman–Crippen MR) is 220 cm³/mol. The van der Waals surface area contributed by atoms with Gasteiger partial charge in [0.2, 0.25) is 11.8 Å². The Morgan fingerprint density at radius 1 is 0.814 bits per heavy atom. The Labute approximate surface area is 344 Å². The number of methoxy groups -OCH3 is 1. The second-order valence-electron chi connectivity index (χ2n) is 15.9. The number of carbonyl (C=O) groups excluding carboxylic acids is 3. The van der Waals surface area contributed by atoms with Crippen molar-refractivity contribution in [2.24, 2.45) is 5.92 Å². The summed E-state index contributed by atoms with van der Waals surface area (Å²) < 4.78 is 10.2. The van der Waals surface area contributed by atoms with Crippen molar-refractivity contribution in [2.75, 3.05) is 60.1 Å². The van der Waals surface area contributed by atoms with Gasteiger partial charge in [0.25, 0.3) is 0 Å². The number of aromatic nitrogens is 4. The smallest absolute Gasteiger partial charge is 0.407 e. The quantitative estimate of drug-likeness (QED) is 0.134. The molecule has 16 heteroatoms. The number of rotatable bonds is 13. The van der Waals surface area contributed by atoms with Crippen molar-refractivity contribution in [1.29, 1.82) is 0 Å². The number of morpholine rings is 1. The Balaban J connectivity index is 0.988. The maximum Gasteiger partial charge on any atom is 0.407 e. The molecule has 59 heavy (non-hydrogen) atoms. The van der Waals surface area contributed by atoms with Crippen molar-refractivity contribution >= 4 is 24.0 Å². The highest BCUT2D eigenvalue weighted by Crippen LogP contribution is 2.35. The second-order valence-corrected chi connectivity index (χ2v) is 15.9. The number of likely N-dealkylation sites (tertiary alicyclic amines) is 2. The third-order valence-corrected chi connectivity index (χ3v) is 11.9. The normalized spacial score (nSPS) is 19.5. The van der Waals surface area contributed by atoms with Gasteiger partial charge in [-0.2, -0.15) is 0 Å². The predicted octanol–water partition coefficient (Wildman–Crippen LogP) is 5.54. The maximum absolute atomic E-state index is 14.0. The van der Waals surface area contributed by atoms with Crippen LogP contribution < -0.4 is 5.32 Å². The van der Waals surface area contributed by atoms with Crippen LogP contribution in [-0.2, 0) is 19.1 Å². The van der Waals surface area contributed by atoms with Gasteiger partial charge in [-0.05, 0) is 60.3 Å². The largest absolute Gasteiger partial charge is 0.465 e. The van der Waals surface area contributed by atoms with E-state index >= 15 is 0 Å². The van der Waals surface area contributed by atoms with Gasteiger partial charge in [0.05, 0.1) is 56.2 Å². The zero-order valence-corrected chi connectivity index (χ0v) is 34.2. The van der Waals surface area contributed by atoms with Crippen LogP contribution in [0.4, 0.5) is 9.59 Å². The van der Waals surface area contributed by atoms with Crippen molar-refractivity contribution in [3.05, 3.63) is 72.6 Å². The highest BCUT2D eigenvalue weighted by Gasteiger charge is 2.39. The average Bonchev–Trinajstić information content (AvgIpc) is 4.10. The molecule has 0 unspecified atom stereocenters. The lowest BCUT2D eigenvalue weighted by Crippen LogP contribution is -2.51. The molecule has 0 radical (unpaired) electrons. The number of carbonyl (C=O) groups is 4. The number of nitrogens with zero attached hydrogens (tertiary/aromatic N) is 6. The number of amides is 4. The molecule has 3 fully saturated rings. The molecule has 3 saturated heterocycles. The summed E-state index contributed by atoms with van der Waals surface area (Å²) in [5, 5.41) is 12.5. The van der Waals surface area contributed by atoms with Gasteiger partial charge >= 0.3 is 12.2 Å². The lowest BCUT2D eigenvalue weighted by molar-refractivity contribution is -0.137. The van der Waals surface area contributed by atoms with E-state index < -0.39 is 24.3 Å². The summed E-state index contributed by atoms with van der Waals surface area (Å²) in [7, 11) is 2.76. The van der Waals surface area contributed by atoms with E-state index in [2.05, 4.69) is 49.4 Å². The minimum Gasteiger partial charge on any atom is -0.465 e. The fraction of sp³-hybridized carbons (Fsp3) is 0.488. The zero-order valence-electron chi connectivity index (χ0n) is 34.2. The number of ether oxygens (including phenoxy) is 2. The number of aromatic amines is 2. The minimum atomic E-state index is -1.12. The number of hydrogen-bond donors (Lipinski definition) is 4. The highest BCUT2D eigenvalue weighted by atomic mass is 16.5. The minimum absolute atomic E-state index is 0.110. The van der Waals surface area contributed by atoms with E-state index in [9.17, 15) is 24.3 Å². The van der Waals surface area contributed by atoms with Crippen molar-refractivity contribution in [1.82, 2.24) is 44.9 Å². The number of nitrogens with one attached hydrogen (secondary N) is 3. The first kappa shape index (κ1) is 41.4. The van der Waals surface area contributed by atoms with Gasteiger partial charge in [-0.25, -0.2) is 19.6 Å². The topological polar surface area (TPSA) is 189 Å². The molecule has 0 spiro atoms. The maximum atomic E-state index is 14.0. The van der Waals surface area contributed by atoms with Crippen molar-refractivity contribution < 1.29 is 33.8 Å². The Bertz CT molecular complexity index is 2080. The van der Waals surface area contributed by atoms with Gasteiger partial charge < -0.3 is 39.7 Å². The van der Waals surface area contributed by atoms with E-state index in [4.69, 9.17) is 14.5 Å². The van der Waals surface area contributed by atoms with E-state index in [1.165, 1.54) is 14.2 Å². The van der Waals surface area contributed by atoms with Gasteiger partial charge in [0.15, 0.2) is 0 Å². The highest BCUT2D eigenvalue weighted by molar-refractivity contribution is 5.87. The SMILES string of the molecule is COC(=O)N[C@H](C(=O)N1CCC[C@H]1c1ncc(-c2ccc(-c3ccc(-c4cnc([C@@H]5CCCN5C(=O)[C@H](CCN5CCOCC5)N(C)C(=O)O)[nH]4)cc3)cc2)[nH]1)C(C)C. The van der Waals surface area contributed by atoms with E-state index in [1.807, 2.05) is 38.1 Å². The van der Waals surface area contributed by atoms with Crippen molar-refractivity contribution in [3.8, 4) is 33.6 Å². The van der Waals surface area contributed by atoms with Crippen LogP contribution in [0.2, 0.25) is 0 Å². The molecule has 0 bridgehead atoms. The fourth-order valence-electron chi connectivity index (χ4n) is 8.43. The molecule has 7 rings (SSSR count). The molecule has 4 N–H and O–H groups in total. The Morgan fingerprint density at radius 3 is 1.78 bits per heavy atom. The Kier molecular flexibility index (Phi) is 13.0. The van der Waals surface area contributed by atoms with Crippen LogP contribution in [0.1, 0.15) is 69.7 Å². The number of imidazole rings is 2. The average molecular weight is 810 g/mol. The number of carboxylic acid groups (broad SMARTS) is 1. The first-order valence-electron chi connectivity index (χ1n) is 20.5. The third kappa shape index (κ3) is 9.28. The van der Waals surface area contributed by atoms with Gasteiger partial charge in [-0.3, -0.25) is 19.4 Å². The van der Waals surface area contributed by atoms with Crippen LogP contribution in [0.3, 0.4) is 0 Å². The fourth-order valence-corrected chi connectivity index (χ4v) is 8.43. The van der Waals surface area contributed by atoms with Crippen LogP contribution in [0.25, 0.3) is 33.6 Å². The molecule has 3 aliphatic rings. The van der Waals surface area contributed by atoms with Gasteiger partial charge in [0, 0.05) is 39.8 Å². The van der Waals surface area contributed by atoms with Crippen LogP contribution in [0, 0.1) is 5.92 Å². The molecule has 2 aromatic carbocycles. The molecule has 4 amide bonds. The van der Waals surface area contributed by atoms with Crippen LogP contribution in [0.15, 0.2) is 60.9 Å². The van der Waals surface area contributed by atoms with Crippen LogP contribution in [-0.4, -0.2) is 141 Å². The standard InChI is InChI=1S/C43H55N9O7/c1-27(2)37(48-42(55)58-4)41(54)52-19-6-8-35(52)39-45-26-33(47-39)31-15-11-29(12-16-31)28-9-13-30(14-10-28)32-25-44-38(46-32)34-7-5-18-51(34)40(53)36(49(3)43(56)57)17-20-50-21-23-59-24-22-50/h9-16,25-27,34-37H,5-8,17-24H2,1-4H3,(H,44,46)(H,45,47)(H,48,55)(H,56,57)/t34-,35-,36-,37-/m0/s1. The molecule has 0 saturated carbocycles. The Hall–Kier alpha value is -5.74. The van der Waals surface area contributed by atoms with Crippen LogP contribution >= 0.6 is 0 Å². The summed E-state index contributed by atoms with van der Waals surface area (Å²) in [4.78, 5) is 74.7. The number of hydrogen-bond acceptors (Lipinski definition) is 9. The summed E-state index contributed by atoms with van der Waals surface area (Å²) in [5.74, 6) is 0.967. The molecule has 16 nitrogen and oxygen atoms in total. The molecule has 4 aromatic rings. The molecular weight excluding hydrogens is 755 g/mol. The summed E-state index contributed by atoms with van der Waals surface area (Å²) in [6.07, 6.45) is 5.42. The Morgan fingerprint density at radius 2 is 1.31 bits per heavy atom. The number of likely N-dealkylation sites (N-methyl/N-ethyl adjacent to an activating group) is 1. The monoisotopic (exact) mass is 809 g/mol. The number of H-pyrrole nitrogens is 2. The first-order chi connectivity index (χ1) is 28.5. The van der Waals surface area contributed by atoms with Crippen molar-refractivity contribution in [2.45, 2.75) is 70.1 Å². The third-order valence-electron chi connectivity index (χ3n) is 11.9. The molecule has 4 atom stereocenters. The summed E-state index contributed by atoms with van der Waals surface area (Å²) >= 11 is 0. The lowest BCUT2D eigenvalue weighted by Gasteiger charge is -2.34. The lowest BCUT2D eigenvalue weighted by atomic mass is 10.0. The number of alkyl carbamates (subject to hydrolysis) is 1. The molecule has 2 aromatic heterocycles. The molecule has 3 aliphatic heterocycles. The summed E-state index contributed by atoms with van der Waals surface area (Å²) in [6, 6.07) is 14.5. The van der Waals surface area contributed by atoms with Crippen molar-refractivity contribution in [3.63, 3.8) is 0 Å². The second kappa shape index (κ2) is 18.5. The van der Waals surface area contributed by atoms with E-state index in [0.29, 0.717) is 45.1 Å². The zero-order chi connectivity index (χ0) is 41.6. The molecule has 0 aliphatic carbocycles. The van der Waals surface area contributed by atoms with Gasteiger partial charge in [0.1, 0.15) is 23.7 Å². The van der Waals surface area contributed by atoms with Gasteiger partial charge in [-0.15, -0.1) is 0 Å². The first-order valence-corrected chi connectivity index (χ1v) is 20.5. The van der Waals surface area contributed by atoms with E-state index in [0.717, 1.165) is 83.1 Å². The van der Waals surface area contributed by atoms with Gasteiger partial charge in [-0.1, -0.05) is 62.4 Å². The van der Waals surface area contributed by atoms with E-state index in [1.54, 1.807) is 22.2 Å². The summed E-state index contributed by atoms with van der Waals surface area (Å²) in [6.45, 7) is 8.37.